The predicted molar refractivity (Wildman–Crippen MR) is 71.6 cm³/mol. The first kappa shape index (κ1) is 13.0. The maximum Gasteiger partial charge on any atom is 0.329 e. The second kappa shape index (κ2) is 5.15. The Kier molecular flexibility index (Phi) is 3.34. The normalized spacial score (nSPS) is 23.9. The van der Waals surface area contributed by atoms with Crippen LogP contribution in [0.15, 0.2) is 18.2 Å². The highest BCUT2D eigenvalue weighted by atomic mass is 16.5. The van der Waals surface area contributed by atoms with E-state index in [1.807, 2.05) is 18.2 Å². The van der Waals surface area contributed by atoms with E-state index in [1.54, 1.807) is 6.92 Å². The maximum absolute atomic E-state index is 11.9. The third kappa shape index (κ3) is 2.24. The number of ether oxygens (including phenoxy) is 2. The van der Waals surface area contributed by atoms with Gasteiger partial charge in [0.25, 0.3) is 0 Å². The Morgan fingerprint density at radius 3 is 3.15 bits per heavy atom. The molecule has 2 aliphatic rings. The van der Waals surface area contributed by atoms with Crippen LogP contribution < -0.4 is 10.1 Å². The van der Waals surface area contributed by atoms with Crippen molar-refractivity contribution in [3.8, 4) is 5.75 Å². The fourth-order valence-corrected chi connectivity index (χ4v) is 2.85. The van der Waals surface area contributed by atoms with Crippen molar-refractivity contribution in [2.75, 3.05) is 13.2 Å². The Morgan fingerprint density at radius 1 is 1.50 bits per heavy atom. The summed E-state index contributed by atoms with van der Waals surface area (Å²) in [5.74, 6) is 0.274. The fraction of sp³-hybridized carbons (Fsp3) is 0.467. The van der Waals surface area contributed by atoms with Gasteiger partial charge in [-0.15, -0.1) is 0 Å². The van der Waals surface area contributed by atoms with Crippen molar-refractivity contribution in [2.45, 2.75) is 31.7 Å². The molecule has 0 saturated carbocycles. The van der Waals surface area contributed by atoms with Gasteiger partial charge in [0, 0.05) is 18.8 Å². The van der Waals surface area contributed by atoms with Crippen LogP contribution >= 0.6 is 0 Å². The van der Waals surface area contributed by atoms with Gasteiger partial charge in [0.05, 0.1) is 13.2 Å². The van der Waals surface area contributed by atoms with Gasteiger partial charge in [-0.1, -0.05) is 12.1 Å². The lowest BCUT2D eigenvalue weighted by Crippen LogP contribution is -2.37. The largest absolute Gasteiger partial charge is 0.493 e. The molecule has 0 spiro atoms. The standard InChI is InChI=1S/C15H17NO4/c1-2-19-15(18)14-11(8-13(17)16-14)9-3-4-12-10(7-9)5-6-20-12/h3-4,7,11,14H,2,5-6,8H2,1H3,(H,16,17). The SMILES string of the molecule is CCOC(=O)C1NC(=O)CC1c1ccc2c(c1)CCO2. The van der Waals surface area contributed by atoms with Crippen LogP contribution in [0, 0.1) is 0 Å². The van der Waals surface area contributed by atoms with Crippen LogP contribution in [-0.4, -0.2) is 31.1 Å². The highest BCUT2D eigenvalue weighted by molar-refractivity contribution is 5.90. The molecular formula is C15H17NO4. The van der Waals surface area contributed by atoms with Crippen LogP contribution in [0.4, 0.5) is 0 Å². The molecule has 0 bridgehead atoms. The van der Waals surface area contributed by atoms with Gasteiger partial charge in [-0.2, -0.15) is 0 Å². The molecule has 2 heterocycles. The molecule has 1 amide bonds. The summed E-state index contributed by atoms with van der Waals surface area (Å²) in [6.07, 6.45) is 1.20. The van der Waals surface area contributed by atoms with Crippen molar-refractivity contribution < 1.29 is 19.1 Å². The van der Waals surface area contributed by atoms with Crippen LogP contribution in [0.25, 0.3) is 0 Å². The summed E-state index contributed by atoms with van der Waals surface area (Å²) >= 11 is 0. The summed E-state index contributed by atoms with van der Waals surface area (Å²) in [6, 6.07) is 5.31. The molecule has 0 aliphatic carbocycles. The number of nitrogens with one attached hydrogen (secondary N) is 1. The van der Waals surface area contributed by atoms with E-state index in [9.17, 15) is 9.59 Å². The van der Waals surface area contributed by atoms with Crippen LogP contribution in [0.2, 0.25) is 0 Å². The van der Waals surface area contributed by atoms with E-state index >= 15 is 0 Å². The molecule has 2 atom stereocenters. The number of carbonyl (C=O) groups is 2. The number of benzene rings is 1. The molecular weight excluding hydrogens is 258 g/mol. The van der Waals surface area contributed by atoms with Gasteiger partial charge in [0.1, 0.15) is 11.8 Å². The van der Waals surface area contributed by atoms with Crippen LogP contribution in [0.5, 0.6) is 5.75 Å². The molecule has 2 unspecified atom stereocenters. The molecule has 20 heavy (non-hydrogen) atoms. The second-order valence-corrected chi connectivity index (χ2v) is 5.07. The van der Waals surface area contributed by atoms with E-state index in [0.29, 0.717) is 19.6 Å². The lowest BCUT2D eigenvalue weighted by atomic mass is 9.90. The van der Waals surface area contributed by atoms with E-state index in [2.05, 4.69) is 5.32 Å². The van der Waals surface area contributed by atoms with Crippen molar-refractivity contribution in [3.63, 3.8) is 0 Å². The van der Waals surface area contributed by atoms with Gasteiger partial charge in [0.2, 0.25) is 5.91 Å². The summed E-state index contributed by atoms with van der Waals surface area (Å²) in [5, 5.41) is 2.71. The number of rotatable bonds is 3. The van der Waals surface area contributed by atoms with Gasteiger partial charge >= 0.3 is 5.97 Å². The lowest BCUT2D eigenvalue weighted by Gasteiger charge is -2.18. The van der Waals surface area contributed by atoms with Crippen LogP contribution in [0.3, 0.4) is 0 Å². The summed E-state index contributed by atoms with van der Waals surface area (Å²) in [4.78, 5) is 23.6. The van der Waals surface area contributed by atoms with Crippen molar-refractivity contribution in [1.29, 1.82) is 0 Å². The first-order valence-electron chi connectivity index (χ1n) is 6.90. The van der Waals surface area contributed by atoms with Crippen molar-refractivity contribution in [3.05, 3.63) is 29.3 Å². The average Bonchev–Trinajstić information content (AvgIpc) is 3.04. The van der Waals surface area contributed by atoms with Crippen LogP contribution in [0.1, 0.15) is 30.4 Å². The highest BCUT2D eigenvalue weighted by Crippen LogP contribution is 2.34. The molecule has 5 nitrogen and oxygen atoms in total. The Bertz CT molecular complexity index is 555. The summed E-state index contributed by atoms with van der Waals surface area (Å²) < 4.78 is 10.5. The molecule has 3 rings (SSSR count). The number of hydrogen-bond donors (Lipinski definition) is 1. The summed E-state index contributed by atoms with van der Waals surface area (Å²) in [6.45, 7) is 2.77. The Balaban J connectivity index is 1.87. The number of esters is 1. The first-order valence-corrected chi connectivity index (χ1v) is 6.90. The van der Waals surface area contributed by atoms with Crippen molar-refractivity contribution in [1.82, 2.24) is 5.32 Å². The van der Waals surface area contributed by atoms with Gasteiger partial charge in [0.15, 0.2) is 0 Å². The molecule has 0 radical (unpaired) electrons. The average molecular weight is 275 g/mol. The molecule has 5 heteroatoms. The topological polar surface area (TPSA) is 64.6 Å². The van der Waals surface area contributed by atoms with Gasteiger partial charge < -0.3 is 14.8 Å². The number of hydrogen-bond acceptors (Lipinski definition) is 4. The third-order valence-electron chi connectivity index (χ3n) is 3.81. The molecule has 1 aromatic carbocycles. The summed E-state index contributed by atoms with van der Waals surface area (Å²) in [7, 11) is 0. The Hall–Kier alpha value is -2.04. The zero-order valence-corrected chi connectivity index (χ0v) is 11.3. The third-order valence-corrected chi connectivity index (χ3v) is 3.81. The predicted octanol–water partition coefficient (Wildman–Crippen LogP) is 1.16. The van der Waals surface area contributed by atoms with Crippen molar-refractivity contribution >= 4 is 11.9 Å². The number of amides is 1. The Morgan fingerprint density at radius 2 is 2.35 bits per heavy atom. The van der Waals surface area contributed by atoms with Gasteiger partial charge in [-0.05, 0) is 24.1 Å². The van der Waals surface area contributed by atoms with Gasteiger partial charge in [-0.3, -0.25) is 4.79 Å². The maximum atomic E-state index is 11.9. The fourth-order valence-electron chi connectivity index (χ4n) is 2.85. The van der Waals surface area contributed by atoms with E-state index in [1.165, 1.54) is 0 Å². The lowest BCUT2D eigenvalue weighted by molar-refractivity contribution is -0.146. The molecule has 0 aromatic heterocycles. The monoisotopic (exact) mass is 275 g/mol. The van der Waals surface area contributed by atoms with E-state index in [4.69, 9.17) is 9.47 Å². The quantitative estimate of drug-likeness (QED) is 0.841. The number of carbonyl (C=O) groups excluding carboxylic acids is 2. The van der Waals surface area contributed by atoms with E-state index < -0.39 is 6.04 Å². The smallest absolute Gasteiger partial charge is 0.329 e. The molecule has 1 N–H and O–H groups in total. The summed E-state index contributed by atoms with van der Waals surface area (Å²) in [5.41, 5.74) is 2.13. The zero-order chi connectivity index (χ0) is 14.1. The minimum Gasteiger partial charge on any atom is -0.493 e. The molecule has 1 fully saturated rings. The second-order valence-electron chi connectivity index (χ2n) is 5.07. The Labute approximate surface area is 117 Å². The molecule has 106 valence electrons. The van der Waals surface area contributed by atoms with E-state index in [-0.39, 0.29) is 17.8 Å². The van der Waals surface area contributed by atoms with E-state index in [0.717, 1.165) is 23.3 Å². The molecule has 1 saturated heterocycles. The molecule has 2 aliphatic heterocycles. The minimum atomic E-state index is -0.581. The zero-order valence-electron chi connectivity index (χ0n) is 11.3. The number of fused-ring (bicyclic) bond motifs is 1. The first-order chi connectivity index (χ1) is 9.69. The molecule has 1 aromatic rings. The van der Waals surface area contributed by atoms with Gasteiger partial charge in [-0.25, -0.2) is 4.79 Å². The van der Waals surface area contributed by atoms with Crippen LogP contribution in [-0.2, 0) is 20.7 Å². The highest BCUT2D eigenvalue weighted by Gasteiger charge is 2.39. The minimum absolute atomic E-state index is 0.107. The van der Waals surface area contributed by atoms with Crippen molar-refractivity contribution in [2.24, 2.45) is 0 Å².